The Morgan fingerprint density at radius 1 is 1.26 bits per heavy atom. The van der Waals surface area contributed by atoms with Gasteiger partial charge in [0, 0.05) is 15.1 Å². The number of hydrogen-bond acceptors (Lipinski definition) is 2. The fraction of sp³-hybridized carbons (Fsp3) is 0. The quantitative estimate of drug-likeness (QED) is 0.735. The summed E-state index contributed by atoms with van der Waals surface area (Å²) < 4.78 is 14.8. The lowest BCUT2D eigenvalue weighted by atomic mass is 10.2. The van der Waals surface area contributed by atoms with Gasteiger partial charge >= 0.3 is 0 Å². The third-order valence-electron chi connectivity index (χ3n) is 2.23. The number of nitrogens with one attached hydrogen (secondary N) is 1. The van der Waals surface area contributed by atoms with E-state index < -0.39 is 11.7 Å². The molecule has 0 unspecified atom stereocenters. The third-order valence-corrected chi connectivity index (χ3v) is 3.46. The number of benzene rings is 1. The van der Waals surface area contributed by atoms with Crippen LogP contribution in [-0.4, -0.2) is 10.9 Å². The molecule has 1 aromatic carbocycles. The van der Waals surface area contributed by atoms with Gasteiger partial charge in [0.2, 0.25) is 0 Å². The van der Waals surface area contributed by atoms with Crippen LogP contribution in [-0.2, 0) is 0 Å². The van der Waals surface area contributed by atoms with E-state index in [1.165, 1.54) is 18.3 Å². The first-order valence-electron chi connectivity index (χ1n) is 5.05. The van der Waals surface area contributed by atoms with Crippen LogP contribution in [0.3, 0.4) is 0 Å². The van der Waals surface area contributed by atoms with Crippen LogP contribution < -0.4 is 5.32 Å². The van der Waals surface area contributed by atoms with Crippen molar-refractivity contribution < 1.29 is 9.18 Å². The molecule has 1 amide bonds. The van der Waals surface area contributed by atoms with Crippen molar-refractivity contribution in [3.63, 3.8) is 0 Å². The highest BCUT2D eigenvalue weighted by atomic mass is 79.9. The molecule has 0 saturated heterocycles. The normalized spacial score (nSPS) is 10.3. The maximum atomic E-state index is 13.6. The molecule has 0 fully saturated rings. The largest absolute Gasteiger partial charge is 0.319 e. The van der Waals surface area contributed by atoms with Gasteiger partial charge in [0.15, 0.2) is 5.15 Å². The Labute approximate surface area is 130 Å². The lowest BCUT2D eigenvalue weighted by Gasteiger charge is -2.08. The lowest BCUT2D eigenvalue weighted by Crippen LogP contribution is -2.14. The molecule has 98 valence electrons. The Kier molecular flexibility index (Phi) is 4.54. The van der Waals surface area contributed by atoms with Gasteiger partial charge in [-0.2, -0.15) is 0 Å². The Morgan fingerprint density at radius 3 is 2.68 bits per heavy atom. The van der Waals surface area contributed by atoms with E-state index in [9.17, 15) is 9.18 Å². The summed E-state index contributed by atoms with van der Waals surface area (Å²) in [4.78, 5) is 15.8. The van der Waals surface area contributed by atoms with E-state index >= 15 is 0 Å². The highest BCUT2D eigenvalue weighted by Crippen LogP contribution is 2.24. The van der Waals surface area contributed by atoms with Crippen molar-refractivity contribution in [3.05, 3.63) is 55.9 Å². The van der Waals surface area contributed by atoms with E-state index in [2.05, 4.69) is 42.2 Å². The van der Waals surface area contributed by atoms with Crippen molar-refractivity contribution in [2.24, 2.45) is 0 Å². The van der Waals surface area contributed by atoms with Crippen LogP contribution in [0.15, 0.2) is 39.4 Å². The molecule has 1 heterocycles. The van der Waals surface area contributed by atoms with Crippen molar-refractivity contribution in [2.45, 2.75) is 0 Å². The summed E-state index contributed by atoms with van der Waals surface area (Å²) in [6.45, 7) is 0. The Hall–Kier alpha value is -0.980. The zero-order valence-corrected chi connectivity index (χ0v) is 13.2. The minimum atomic E-state index is -0.619. The zero-order valence-electron chi connectivity index (χ0n) is 9.25. The zero-order chi connectivity index (χ0) is 14.0. The van der Waals surface area contributed by atoms with Gasteiger partial charge in [-0.1, -0.05) is 27.5 Å². The van der Waals surface area contributed by atoms with Crippen molar-refractivity contribution in [1.82, 2.24) is 4.98 Å². The van der Waals surface area contributed by atoms with Crippen LogP contribution in [0.1, 0.15) is 10.4 Å². The van der Waals surface area contributed by atoms with Gasteiger partial charge in [-0.15, -0.1) is 0 Å². The average Bonchev–Trinajstić information content (AvgIpc) is 2.33. The summed E-state index contributed by atoms with van der Waals surface area (Å²) in [5, 5.41) is 2.64. The maximum absolute atomic E-state index is 13.6. The summed E-state index contributed by atoms with van der Waals surface area (Å²) in [7, 11) is 0. The summed E-state index contributed by atoms with van der Waals surface area (Å²) in [6.07, 6.45) is 1.50. The molecule has 7 heteroatoms. The van der Waals surface area contributed by atoms with E-state index in [1.54, 1.807) is 12.1 Å². The third kappa shape index (κ3) is 3.52. The van der Waals surface area contributed by atoms with Gasteiger partial charge in [-0.3, -0.25) is 4.79 Å². The molecule has 1 N–H and O–H groups in total. The molecule has 0 aliphatic heterocycles. The number of halogens is 4. The standard InChI is InChI=1S/C12H6Br2ClFN2O/c13-6-1-2-8(9(16)3-6)12(19)18-10-4-7(14)5-17-11(10)15/h1-5H,(H,18,19). The summed E-state index contributed by atoms with van der Waals surface area (Å²) in [5.74, 6) is -1.21. The monoisotopic (exact) mass is 406 g/mol. The van der Waals surface area contributed by atoms with Crippen LogP contribution in [0.5, 0.6) is 0 Å². The van der Waals surface area contributed by atoms with E-state index in [0.29, 0.717) is 14.6 Å². The first kappa shape index (κ1) is 14.4. The second-order valence-corrected chi connectivity index (χ2v) is 5.76. The first-order valence-corrected chi connectivity index (χ1v) is 7.01. The minimum Gasteiger partial charge on any atom is -0.319 e. The molecule has 0 aliphatic rings. The predicted molar refractivity (Wildman–Crippen MR) is 79.0 cm³/mol. The molecule has 0 aliphatic carbocycles. The molecular formula is C12H6Br2ClFN2O. The fourth-order valence-electron chi connectivity index (χ4n) is 1.37. The van der Waals surface area contributed by atoms with E-state index in [1.807, 2.05) is 0 Å². The lowest BCUT2D eigenvalue weighted by molar-refractivity contribution is 0.102. The van der Waals surface area contributed by atoms with Crippen LogP contribution in [0.25, 0.3) is 0 Å². The molecule has 0 radical (unpaired) electrons. The molecule has 0 atom stereocenters. The van der Waals surface area contributed by atoms with Gasteiger partial charge in [-0.05, 0) is 40.2 Å². The van der Waals surface area contributed by atoms with Gasteiger partial charge in [0.25, 0.3) is 5.91 Å². The van der Waals surface area contributed by atoms with Gasteiger partial charge in [-0.25, -0.2) is 9.37 Å². The number of pyridine rings is 1. The highest BCUT2D eigenvalue weighted by molar-refractivity contribution is 9.10. The van der Waals surface area contributed by atoms with Crippen molar-refractivity contribution >= 4 is 55.1 Å². The molecule has 0 bridgehead atoms. The number of carbonyl (C=O) groups excluding carboxylic acids is 1. The number of nitrogens with zero attached hydrogens (tertiary/aromatic N) is 1. The van der Waals surface area contributed by atoms with Crippen molar-refractivity contribution in [3.8, 4) is 0 Å². The molecule has 0 saturated carbocycles. The Morgan fingerprint density at radius 2 is 2.00 bits per heavy atom. The van der Waals surface area contributed by atoms with Crippen molar-refractivity contribution in [2.75, 3.05) is 5.32 Å². The Bertz CT molecular complexity index is 652. The molecule has 0 spiro atoms. The SMILES string of the molecule is O=C(Nc1cc(Br)cnc1Cl)c1ccc(Br)cc1F. The van der Waals surface area contributed by atoms with Crippen LogP contribution >= 0.6 is 43.5 Å². The number of rotatable bonds is 2. The first-order chi connectivity index (χ1) is 8.97. The molecular weight excluding hydrogens is 402 g/mol. The van der Waals surface area contributed by atoms with E-state index in [4.69, 9.17) is 11.6 Å². The summed E-state index contributed by atoms with van der Waals surface area (Å²) in [6, 6.07) is 5.77. The van der Waals surface area contributed by atoms with Gasteiger partial charge in [0.1, 0.15) is 5.82 Å². The van der Waals surface area contributed by atoms with Crippen LogP contribution in [0.4, 0.5) is 10.1 Å². The van der Waals surface area contributed by atoms with E-state index in [-0.39, 0.29) is 10.7 Å². The Balaban J connectivity index is 2.28. The van der Waals surface area contributed by atoms with E-state index in [0.717, 1.165) is 0 Å². The van der Waals surface area contributed by atoms with Gasteiger partial charge in [0.05, 0.1) is 11.3 Å². The second kappa shape index (κ2) is 5.98. The topological polar surface area (TPSA) is 42.0 Å². The summed E-state index contributed by atoms with van der Waals surface area (Å²) in [5.41, 5.74) is 0.239. The number of hydrogen-bond donors (Lipinski definition) is 1. The number of aromatic nitrogens is 1. The molecule has 2 rings (SSSR count). The second-order valence-electron chi connectivity index (χ2n) is 3.57. The van der Waals surface area contributed by atoms with Gasteiger partial charge < -0.3 is 5.32 Å². The predicted octanol–water partition coefficient (Wildman–Crippen LogP) is 4.65. The molecule has 2 aromatic rings. The minimum absolute atomic E-state index is 0.0701. The molecule has 19 heavy (non-hydrogen) atoms. The van der Waals surface area contributed by atoms with Crippen LogP contribution in [0, 0.1) is 5.82 Å². The number of anilines is 1. The molecule has 1 aromatic heterocycles. The number of carbonyl (C=O) groups is 1. The molecule has 3 nitrogen and oxygen atoms in total. The summed E-state index contributed by atoms with van der Waals surface area (Å²) >= 11 is 12.2. The van der Waals surface area contributed by atoms with Crippen LogP contribution in [0.2, 0.25) is 5.15 Å². The maximum Gasteiger partial charge on any atom is 0.258 e. The van der Waals surface area contributed by atoms with Crippen molar-refractivity contribution in [1.29, 1.82) is 0 Å². The number of amides is 1. The smallest absolute Gasteiger partial charge is 0.258 e. The average molecular weight is 408 g/mol. The highest BCUT2D eigenvalue weighted by Gasteiger charge is 2.14. The fourth-order valence-corrected chi connectivity index (χ4v) is 2.19.